The Morgan fingerprint density at radius 2 is 2.21 bits per heavy atom. The van der Waals surface area contributed by atoms with Gasteiger partial charge in [-0.25, -0.2) is 4.79 Å². The number of β-amino-alcohol motifs (C(OH)–C–C–N with tert-alkyl or cyclic N) is 1. The van der Waals surface area contributed by atoms with Crippen molar-refractivity contribution in [2.75, 3.05) is 19.6 Å². The SMILES string of the molecule is O=C(NCC(F)(F)F)N1CC[C@H](O)C1. The maximum absolute atomic E-state index is 11.7. The second-order valence-electron chi connectivity index (χ2n) is 3.16. The molecule has 0 aromatic rings. The third-order valence-corrected chi connectivity index (χ3v) is 1.89. The van der Waals surface area contributed by atoms with Gasteiger partial charge in [-0.3, -0.25) is 0 Å². The van der Waals surface area contributed by atoms with Gasteiger partial charge in [-0.15, -0.1) is 0 Å². The quantitative estimate of drug-likeness (QED) is 0.657. The maximum atomic E-state index is 11.7. The molecule has 2 amide bonds. The summed E-state index contributed by atoms with van der Waals surface area (Å²) in [6.45, 7) is -0.938. The third-order valence-electron chi connectivity index (χ3n) is 1.89. The fourth-order valence-electron chi connectivity index (χ4n) is 1.21. The van der Waals surface area contributed by atoms with Crippen molar-refractivity contribution in [2.45, 2.75) is 18.7 Å². The smallest absolute Gasteiger partial charge is 0.391 e. The summed E-state index contributed by atoms with van der Waals surface area (Å²) in [6, 6.07) is -0.779. The Morgan fingerprint density at radius 3 is 2.64 bits per heavy atom. The van der Waals surface area contributed by atoms with Gasteiger partial charge in [0.05, 0.1) is 6.10 Å². The maximum Gasteiger partial charge on any atom is 0.405 e. The molecule has 0 aromatic heterocycles. The Labute approximate surface area is 78.7 Å². The zero-order valence-corrected chi connectivity index (χ0v) is 7.34. The molecule has 1 atom stereocenters. The van der Waals surface area contributed by atoms with E-state index < -0.39 is 24.9 Å². The number of carbonyl (C=O) groups is 1. The van der Waals surface area contributed by atoms with Gasteiger partial charge < -0.3 is 15.3 Å². The highest BCUT2D eigenvalue weighted by atomic mass is 19.4. The van der Waals surface area contributed by atoms with Crippen molar-refractivity contribution in [1.29, 1.82) is 0 Å². The van der Waals surface area contributed by atoms with Crippen molar-refractivity contribution in [3.8, 4) is 0 Å². The fourth-order valence-corrected chi connectivity index (χ4v) is 1.21. The van der Waals surface area contributed by atoms with Gasteiger partial charge in [0, 0.05) is 13.1 Å². The number of carbonyl (C=O) groups excluding carboxylic acids is 1. The lowest BCUT2D eigenvalue weighted by Gasteiger charge is -2.17. The van der Waals surface area contributed by atoms with E-state index in [1.807, 2.05) is 0 Å². The predicted molar refractivity (Wildman–Crippen MR) is 41.7 cm³/mol. The van der Waals surface area contributed by atoms with Crippen LogP contribution in [0, 0.1) is 0 Å². The standard InChI is InChI=1S/C7H11F3N2O2/c8-7(9,10)4-11-6(14)12-2-1-5(13)3-12/h5,13H,1-4H2,(H,11,14)/t5-/m0/s1. The summed E-state index contributed by atoms with van der Waals surface area (Å²) >= 11 is 0. The van der Waals surface area contributed by atoms with Crippen LogP contribution in [0.15, 0.2) is 0 Å². The number of urea groups is 1. The highest BCUT2D eigenvalue weighted by molar-refractivity contribution is 5.74. The molecular formula is C7H11F3N2O2. The molecule has 4 nitrogen and oxygen atoms in total. The predicted octanol–water partition coefficient (Wildman–Crippen LogP) is 0.325. The second-order valence-corrected chi connectivity index (χ2v) is 3.16. The van der Waals surface area contributed by atoms with Crippen LogP contribution in [0.4, 0.5) is 18.0 Å². The molecule has 82 valence electrons. The molecule has 0 unspecified atom stereocenters. The minimum absolute atomic E-state index is 0.101. The molecule has 2 N–H and O–H groups in total. The van der Waals surface area contributed by atoms with Crippen LogP contribution in [0.1, 0.15) is 6.42 Å². The first-order chi connectivity index (χ1) is 6.38. The highest BCUT2D eigenvalue weighted by Gasteiger charge is 2.30. The highest BCUT2D eigenvalue weighted by Crippen LogP contribution is 2.13. The molecule has 1 aliphatic rings. The molecule has 0 radical (unpaired) electrons. The molecule has 1 rings (SSSR count). The Kier molecular flexibility index (Phi) is 3.20. The van der Waals surface area contributed by atoms with Crippen LogP contribution < -0.4 is 5.32 Å². The zero-order chi connectivity index (χ0) is 10.8. The minimum Gasteiger partial charge on any atom is -0.391 e. The molecule has 0 aliphatic carbocycles. The molecule has 0 saturated carbocycles. The van der Waals surface area contributed by atoms with Gasteiger partial charge in [0.15, 0.2) is 0 Å². The van der Waals surface area contributed by atoms with E-state index in [9.17, 15) is 18.0 Å². The Hall–Kier alpha value is -0.980. The number of aliphatic hydroxyl groups is 1. The van der Waals surface area contributed by atoms with Crippen molar-refractivity contribution in [3.05, 3.63) is 0 Å². The van der Waals surface area contributed by atoms with E-state index >= 15 is 0 Å². The number of hydrogen-bond acceptors (Lipinski definition) is 2. The first kappa shape index (κ1) is 11.1. The molecule has 0 spiro atoms. The van der Waals surface area contributed by atoms with Crippen molar-refractivity contribution in [1.82, 2.24) is 10.2 Å². The summed E-state index contributed by atoms with van der Waals surface area (Å²) in [4.78, 5) is 12.2. The van der Waals surface area contributed by atoms with E-state index in [2.05, 4.69) is 0 Å². The van der Waals surface area contributed by atoms with Crippen LogP contribution in [-0.2, 0) is 0 Å². The average Bonchev–Trinajstić information content (AvgIpc) is 2.46. The van der Waals surface area contributed by atoms with Crippen molar-refractivity contribution in [2.24, 2.45) is 0 Å². The van der Waals surface area contributed by atoms with Gasteiger partial charge in [-0.2, -0.15) is 13.2 Å². The summed E-state index contributed by atoms with van der Waals surface area (Å²) in [5.41, 5.74) is 0. The van der Waals surface area contributed by atoms with E-state index in [1.165, 1.54) is 0 Å². The first-order valence-electron chi connectivity index (χ1n) is 4.16. The van der Waals surface area contributed by atoms with Crippen LogP contribution in [0.25, 0.3) is 0 Å². The topological polar surface area (TPSA) is 52.6 Å². The van der Waals surface area contributed by atoms with E-state index in [0.29, 0.717) is 13.0 Å². The van der Waals surface area contributed by atoms with Gasteiger partial charge in [0.2, 0.25) is 0 Å². The monoisotopic (exact) mass is 212 g/mol. The number of nitrogens with one attached hydrogen (secondary N) is 1. The fraction of sp³-hybridized carbons (Fsp3) is 0.857. The lowest BCUT2D eigenvalue weighted by Crippen LogP contribution is -2.42. The van der Waals surface area contributed by atoms with E-state index in [0.717, 1.165) is 4.90 Å². The van der Waals surface area contributed by atoms with Crippen LogP contribution in [0.5, 0.6) is 0 Å². The van der Waals surface area contributed by atoms with Gasteiger partial charge in [0.1, 0.15) is 6.54 Å². The van der Waals surface area contributed by atoms with Crippen molar-refractivity contribution in [3.63, 3.8) is 0 Å². The molecule has 0 bridgehead atoms. The van der Waals surface area contributed by atoms with Gasteiger partial charge >= 0.3 is 12.2 Å². The van der Waals surface area contributed by atoms with E-state index in [-0.39, 0.29) is 6.54 Å². The minimum atomic E-state index is -4.39. The largest absolute Gasteiger partial charge is 0.405 e. The number of likely N-dealkylation sites (tertiary alicyclic amines) is 1. The number of aliphatic hydroxyl groups excluding tert-OH is 1. The molecule has 1 aliphatic heterocycles. The van der Waals surface area contributed by atoms with Gasteiger partial charge in [-0.1, -0.05) is 0 Å². The number of alkyl halides is 3. The normalized spacial score (nSPS) is 22.6. The van der Waals surface area contributed by atoms with E-state index in [1.54, 1.807) is 5.32 Å². The summed E-state index contributed by atoms with van der Waals surface area (Å²) in [7, 11) is 0. The van der Waals surface area contributed by atoms with Crippen LogP contribution in [-0.4, -0.2) is 48.0 Å². The summed E-state index contributed by atoms with van der Waals surface area (Å²) in [6.07, 6.45) is -4.60. The molecular weight excluding hydrogens is 201 g/mol. The Morgan fingerprint density at radius 1 is 1.57 bits per heavy atom. The summed E-state index contributed by atoms with van der Waals surface area (Å²) in [5, 5.41) is 10.8. The van der Waals surface area contributed by atoms with Crippen LogP contribution in [0.2, 0.25) is 0 Å². The summed E-state index contributed by atoms with van der Waals surface area (Å²) in [5.74, 6) is 0. The van der Waals surface area contributed by atoms with E-state index in [4.69, 9.17) is 5.11 Å². The zero-order valence-electron chi connectivity index (χ0n) is 7.34. The molecule has 7 heteroatoms. The molecule has 1 fully saturated rings. The average molecular weight is 212 g/mol. The Bertz CT molecular complexity index is 219. The van der Waals surface area contributed by atoms with Crippen molar-refractivity contribution < 1.29 is 23.1 Å². The van der Waals surface area contributed by atoms with Crippen molar-refractivity contribution >= 4 is 6.03 Å². The Balaban J connectivity index is 2.29. The molecule has 1 heterocycles. The number of halogens is 3. The number of amides is 2. The lowest BCUT2D eigenvalue weighted by molar-refractivity contribution is -0.123. The number of hydrogen-bond donors (Lipinski definition) is 2. The molecule has 14 heavy (non-hydrogen) atoms. The summed E-state index contributed by atoms with van der Waals surface area (Å²) < 4.78 is 35.1. The van der Waals surface area contributed by atoms with Crippen LogP contribution in [0.3, 0.4) is 0 Å². The number of rotatable bonds is 1. The van der Waals surface area contributed by atoms with Crippen LogP contribution >= 0.6 is 0 Å². The third kappa shape index (κ3) is 3.41. The molecule has 0 aromatic carbocycles. The second kappa shape index (κ2) is 4.04. The van der Waals surface area contributed by atoms with Gasteiger partial charge in [-0.05, 0) is 6.42 Å². The molecule has 1 saturated heterocycles. The lowest BCUT2D eigenvalue weighted by atomic mass is 10.3. The first-order valence-corrected chi connectivity index (χ1v) is 4.16. The van der Waals surface area contributed by atoms with Gasteiger partial charge in [0.25, 0.3) is 0 Å². The number of nitrogens with zero attached hydrogens (tertiary/aromatic N) is 1.